The van der Waals surface area contributed by atoms with Crippen molar-refractivity contribution in [2.75, 3.05) is 20.3 Å². The highest BCUT2D eigenvalue weighted by Crippen LogP contribution is 2.28. The van der Waals surface area contributed by atoms with Crippen LogP contribution in [-0.4, -0.2) is 26.2 Å². The Morgan fingerprint density at radius 1 is 1.50 bits per heavy atom. The van der Waals surface area contributed by atoms with E-state index in [1.165, 1.54) is 0 Å². The van der Waals surface area contributed by atoms with E-state index in [1.807, 2.05) is 24.3 Å². The third-order valence-electron chi connectivity index (χ3n) is 2.59. The second kappa shape index (κ2) is 8.59. The fraction of sp³-hybridized carbons (Fsp3) is 0.333. The molecular formula is C15H18N2O3. The summed E-state index contributed by atoms with van der Waals surface area (Å²) in [5, 5.41) is 10.9. The van der Waals surface area contributed by atoms with E-state index in [4.69, 9.17) is 14.7 Å². The topological polar surface area (TPSA) is 71.3 Å². The molecule has 0 spiro atoms. The molecule has 5 nitrogen and oxygen atoms in total. The molecule has 0 aromatic heterocycles. The predicted octanol–water partition coefficient (Wildman–Crippen LogP) is 1.83. The van der Waals surface area contributed by atoms with E-state index < -0.39 is 0 Å². The van der Waals surface area contributed by atoms with Crippen molar-refractivity contribution in [2.24, 2.45) is 0 Å². The number of methoxy groups -OCH3 is 1. The lowest BCUT2D eigenvalue weighted by atomic mass is 10.1. The number of benzene rings is 1. The first-order chi connectivity index (χ1) is 9.71. The van der Waals surface area contributed by atoms with Gasteiger partial charge in [-0.2, -0.15) is 5.26 Å². The Kier molecular flexibility index (Phi) is 6.69. The summed E-state index contributed by atoms with van der Waals surface area (Å²) in [6.07, 6.45) is 2.57. The average molecular weight is 274 g/mol. The van der Waals surface area contributed by atoms with Crippen molar-refractivity contribution in [2.45, 2.75) is 12.8 Å². The minimum absolute atomic E-state index is 0.0382. The Labute approximate surface area is 118 Å². The molecule has 20 heavy (non-hydrogen) atoms. The summed E-state index contributed by atoms with van der Waals surface area (Å²) in [6.45, 7) is 4.04. The molecule has 1 amide bonds. The van der Waals surface area contributed by atoms with Gasteiger partial charge in [-0.1, -0.05) is 18.7 Å². The van der Waals surface area contributed by atoms with E-state index in [9.17, 15) is 4.79 Å². The van der Waals surface area contributed by atoms with Crippen LogP contribution < -0.4 is 14.8 Å². The standard InChI is InChI=1S/C15H18N2O3/c1-3-10-20-13-6-4-12(11-14(13)19-2)5-7-15(18)17-9-8-16/h3-4,6,11H,1,5,7,9-10H2,2H3,(H,17,18). The van der Waals surface area contributed by atoms with Gasteiger partial charge in [0.2, 0.25) is 5.91 Å². The molecule has 0 fully saturated rings. The molecule has 5 heteroatoms. The zero-order valence-corrected chi connectivity index (χ0v) is 11.5. The minimum atomic E-state index is -0.141. The minimum Gasteiger partial charge on any atom is -0.493 e. The molecule has 0 atom stereocenters. The summed E-state index contributed by atoms with van der Waals surface area (Å²) in [5.74, 6) is 1.13. The fourth-order valence-corrected chi connectivity index (χ4v) is 1.62. The van der Waals surface area contributed by atoms with Crippen molar-refractivity contribution in [3.8, 4) is 17.6 Å². The highest BCUT2D eigenvalue weighted by Gasteiger charge is 2.07. The first kappa shape index (κ1) is 15.6. The molecule has 106 valence electrons. The van der Waals surface area contributed by atoms with Crippen LogP contribution in [0.5, 0.6) is 11.5 Å². The summed E-state index contributed by atoms with van der Waals surface area (Å²) in [6, 6.07) is 7.41. The van der Waals surface area contributed by atoms with Crippen molar-refractivity contribution in [3.05, 3.63) is 36.4 Å². The largest absolute Gasteiger partial charge is 0.493 e. The summed E-state index contributed by atoms with van der Waals surface area (Å²) in [7, 11) is 1.57. The molecule has 1 aromatic carbocycles. The highest BCUT2D eigenvalue weighted by atomic mass is 16.5. The average Bonchev–Trinajstić information content (AvgIpc) is 2.49. The number of hydrogen-bond acceptors (Lipinski definition) is 4. The lowest BCUT2D eigenvalue weighted by Gasteiger charge is -2.11. The second-order valence-corrected chi connectivity index (χ2v) is 4.02. The van der Waals surface area contributed by atoms with Crippen molar-refractivity contribution in [3.63, 3.8) is 0 Å². The second-order valence-electron chi connectivity index (χ2n) is 4.02. The van der Waals surface area contributed by atoms with E-state index in [2.05, 4.69) is 11.9 Å². The number of carbonyl (C=O) groups excluding carboxylic acids is 1. The van der Waals surface area contributed by atoms with Gasteiger partial charge in [0.1, 0.15) is 13.2 Å². The maximum atomic E-state index is 11.4. The molecule has 1 aromatic rings. The van der Waals surface area contributed by atoms with Crippen LogP contribution in [0.3, 0.4) is 0 Å². The normalized spacial score (nSPS) is 9.40. The number of nitrogens with zero attached hydrogens (tertiary/aromatic N) is 1. The van der Waals surface area contributed by atoms with Gasteiger partial charge in [-0.05, 0) is 24.1 Å². The van der Waals surface area contributed by atoms with Gasteiger partial charge in [-0.3, -0.25) is 4.79 Å². The number of carbonyl (C=O) groups is 1. The van der Waals surface area contributed by atoms with Crippen molar-refractivity contribution >= 4 is 5.91 Å². The van der Waals surface area contributed by atoms with E-state index in [0.29, 0.717) is 30.9 Å². The van der Waals surface area contributed by atoms with Gasteiger partial charge in [0.15, 0.2) is 11.5 Å². The number of ether oxygens (including phenoxy) is 2. The van der Waals surface area contributed by atoms with Crippen LogP contribution in [0.1, 0.15) is 12.0 Å². The quantitative estimate of drug-likeness (QED) is 0.580. The molecule has 0 saturated heterocycles. The smallest absolute Gasteiger partial charge is 0.221 e. The SMILES string of the molecule is C=CCOc1ccc(CCC(=O)NCC#N)cc1OC. The van der Waals surface area contributed by atoms with Crippen molar-refractivity contribution < 1.29 is 14.3 Å². The highest BCUT2D eigenvalue weighted by molar-refractivity contribution is 5.76. The molecule has 0 heterocycles. The molecule has 0 unspecified atom stereocenters. The van der Waals surface area contributed by atoms with Crippen LogP contribution in [0.4, 0.5) is 0 Å². The Hall–Kier alpha value is -2.48. The van der Waals surface area contributed by atoms with Crippen LogP contribution in [0.15, 0.2) is 30.9 Å². The van der Waals surface area contributed by atoms with Gasteiger partial charge in [-0.25, -0.2) is 0 Å². The number of nitrogens with one attached hydrogen (secondary N) is 1. The number of hydrogen-bond donors (Lipinski definition) is 1. The van der Waals surface area contributed by atoms with Crippen LogP contribution in [-0.2, 0) is 11.2 Å². The molecule has 0 radical (unpaired) electrons. The van der Waals surface area contributed by atoms with E-state index in [0.717, 1.165) is 5.56 Å². The van der Waals surface area contributed by atoms with Gasteiger partial charge >= 0.3 is 0 Å². The van der Waals surface area contributed by atoms with Crippen LogP contribution in [0, 0.1) is 11.3 Å². The Morgan fingerprint density at radius 3 is 2.95 bits per heavy atom. The molecule has 1 rings (SSSR count). The lowest BCUT2D eigenvalue weighted by Crippen LogP contribution is -2.23. The number of amides is 1. The lowest BCUT2D eigenvalue weighted by molar-refractivity contribution is -0.120. The monoisotopic (exact) mass is 274 g/mol. The van der Waals surface area contributed by atoms with Gasteiger partial charge < -0.3 is 14.8 Å². The van der Waals surface area contributed by atoms with Crippen LogP contribution >= 0.6 is 0 Å². The number of rotatable bonds is 8. The summed E-state index contributed by atoms with van der Waals surface area (Å²) < 4.78 is 10.7. The molecule has 0 bridgehead atoms. The van der Waals surface area contributed by atoms with E-state index in [-0.39, 0.29) is 12.5 Å². The first-order valence-electron chi connectivity index (χ1n) is 6.25. The molecule has 0 aliphatic carbocycles. The zero-order valence-electron chi connectivity index (χ0n) is 11.5. The Bertz CT molecular complexity index is 506. The Morgan fingerprint density at radius 2 is 2.30 bits per heavy atom. The third-order valence-corrected chi connectivity index (χ3v) is 2.59. The number of aryl methyl sites for hydroxylation is 1. The molecule has 0 aliphatic rings. The summed E-state index contributed by atoms with van der Waals surface area (Å²) in [4.78, 5) is 11.4. The zero-order chi connectivity index (χ0) is 14.8. The maximum absolute atomic E-state index is 11.4. The maximum Gasteiger partial charge on any atom is 0.221 e. The first-order valence-corrected chi connectivity index (χ1v) is 6.25. The third kappa shape index (κ3) is 5.02. The van der Waals surface area contributed by atoms with E-state index in [1.54, 1.807) is 13.2 Å². The fourth-order valence-electron chi connectivity index (χ4n) is 1.62. The van der Waals surface area contributed by atoms with Crippen LogP contribution in [0.25, 0.3) is 0 Å². The van der Waals surface area contributed by atoms with Gasteiger partial charge in [0.05, 0.1) is 13.2 Å². The summed E-state index contributed by atoms with van der Waals surface area (Å²) in [5.41, 5.74) is 0.972. The molecular weight excluding hydrogens is 256 g/mol. The van der Waals surface area contributed by atoms with Crippen LogP contribution in [0.2, 0.25) is 0 Å². The summed E-state index contributed by atoms with van der Waals surface area (Å²) >= 11 is 0. The van der Waals surface area contributed by atoms with Gasteiger partial charge in [-0.15, -0.1) is 0 Å². The van der Waals surface area contributed by atoms with Gasteiger partial charge in [0, 0.05) is 6.42 Å². The molecule has 1 N–H and O–H groups in total. The number of nitriles is 1. The van der Waals surface area contributed by atoms with E-state index >= 15 is 0 Å². The molecule has 0 saturated carbocycles. The predicted molar refractivity (Wildman–Crippen MR) is 75.6 cm³/mol. The van der Waals surface area contributed by atoms with Crippen molar-refractivity contribution in [1.29, 1.82) is 5.26 Å². The van der Waals surface area contributed by atoms with Gasteiger partial charge in [0.25, 0.3) is 0 Å². The van der Waals surface area contributed by atoms with Crippen molar-refractivity contribution in [1.82, 2.24) is 5.32 Å². The molecule has 0 aliphatic heterocycles. The Balaban J connectivity index is 2.61.